The van der Waals surface area contributed by atoms with E-state index in [4.69, 9.17) is 14.2 Å². The monoisotopic (exact) mass is 515 g/mol. The van der Waals surface area contributed by atoms with Crippen molar-refractivity contribution < 1.29 is 33.7 Å². The minimum atomic E-state index is -0.893. The van der Waals surface area contributed by atoms with E-state index in [1.54, 1.807) is 54.6 Å². The second-order valence-corrected chi connectivity index (χ2v) is 9.05. The number of hydrogen-bond acceptors (Lipinski definition) is 7. The highest BCUT2D eigenvalue weighted by atomic mass is 16.5. The highest BCUT2D eigenvalue weighted by molar-refractivity contribution is 6.46. The van der Waals surface area contributed by atoms with Crippen molar-refractivity contribution in [3.05, 3.63) is 99.6 Å². The van der Waals surface area contributed by atoms with E-state index in [9.17, 15) is 19.5 Å². The lowest BCUT2D eigenvalue weighted by Crippen LogP contribution is -2.29. The Bertz CT molecular complexity index is 1440. The van der Waals surface area contributed by atoms with Crippen LogP contribution < -0.4 is 9.47 Å². The lowest BCUT2D eigenvalue weighted by Gasteiger charge is -2.26. The third kappa shape index (κ3) is 4.85. The molecule has 3 aromatic rings. The fourth-order valence-corrected chi connectivity index (χ4v) is 4.81. The number of aliphatic hydroxyl groups is 1. The lowest BCUT2D eigenvalue weighted by atomic mass is 9.93. The van der Waals surface area contributed by atoms with Crippen LogP contribution in [0.3, 0.4) is 0 Å². The number of Topliss-reactive ketones (excluding diaryl/α,β-unsaturated/α-hetero) is 1. The molecule has 3 aromatic carbocycles. The molecule has 8 heteroatoms. The number of ketones is 1. The molecule has 38 heavy (non-hydrogen) atoms. The van der Waals surface area contributed by atoms with Gasteiger partial charge >= 0.3 is 5.97 Å². The van der Waals surface area contributed by atoms with E-state index < -0.39 is 23.7 Å². The average Bonchev–Trinajstić information content (AvgIpc) is 3.17. The molecule has 0 aromatic heterocycles. The summed E-state index contributed by atoms with van der Waals surface area (Å²) in [5.74, 6) is -1.39. The predicted molar refractivity (Wildman–Crippen MR) is 141 cm³/mol. The van der Waals surface area contributed by atoms with Gasteiger partial charge in [-0.1, -0.05) is 30.3 Å². The molecule has 1 aliphatic rings. The first-order valence-electron chi connectivity index (χ1n) is 11.9. The van der Waals surface area contributed by atoms with Gasteiger partial charge in [0.25, 0.3) is 11.7 Å². The van der Waals surface area contributed by atoms with Crippen LogP contribution in [0, 0.1) is 13.8 Å². The van der Waals surface area contributed by atoms with Crippen LogP contribution in [0.15, 0.2) is 66.2 Å². The van der Waals surface area contributed by atoms with Crippen molar-refractivity contribution in [3.8, 4) is 11.5 Å². The first kappa shape index (κ1) is 26.5. The molecule has 0 bridgehead atoms. The van der Waals surface area contributed by atoms with Gasteiger partial charge in [-0.3, -0.25) is 9.59 Å². The first-order valence-corrected chi connectivity index (χ1v) is 11.9. The summed E-state index contributed by atoms with van der Waals surface area (Å²) in [6, 6.07) is 16.4. The second kappa shape index (κ2) is 10.8. The highest BCUT2D eigenvalue weighted by Crippen LogP contribution is 2.43. The quantitative estimate of drug-likeness (QED) is 0.210. The number of likely N-dealkylation sites (tertiary alicyclic amines) is 1. The molecule has 0 aliphatic carbocycles. The molecular formula is C30H29NO7. The maximum Gasteiger partial charge on any atom is 0.337 e. The van der Waals surface area contributed by atoms with Crippen LogP contribution in [-0.4, -0.2) is 49.0 Å². The molecule has 1 amide bonds. The molecule has 1 fully saturated rings. The molecule has 1 saturated heterocycles. The molecule has 1 N–H and O–H groups in total. The van der Waals surface area contributed by atoms with Crippen LogP contribution >= 0.6 is 0 Å². The summed E-state index contributed by atoms with van der Waals surface area (Å²) in [5.41, 5.74) is 3.59. The van der Waals surface area contributed by atoms with E-state index in [-0.39, 0.29) is 17.9 Å². The number of carbonyl (C=O) groups is 3. The molecule has 0 saturated carbocycles. The highest BCUT2D eigenvalue weighted by Gasteiger charge is 2.46. The number of ether oxygens (including phenoxy) is 3. The third-order valence-electron chi connectivity index (χ3n) is 6.56. The number of nitrogens with zero attached hydrogens (tertiary/aromatic N) is 1. The molecule has 4 rings (SSSR count). The fourth-order valence-electron chi connectivity index (χ4n) is 4.81. The molecule has 1 unspecified atom stereocenters. The van der Waals surface area contributed by atoms with Crippen molar-refractivity contribution in [1.29, 1.82) is 0 Å². The van der Waals surface area contributed by atoms with E-state index in [1.807, 2.05) is 19.9 Å². The number of benzene rings is 3. The Hall–Kier alpha value is -4.59. The maximum absolute atomic E-state index is 13.5. The van der Waals surface area contributed by atoms with Crippen molar-refractivity contribution in [3.63, 3.8) is 0 Å². The molecule has 1 atom stereocenters. The van der Waals surface area contributed by atoms with Crippen molar-refractivity contribution >= 4 is 23.4 Å². The number of methoxy groups -OCH3 is 3. The topological polar surface area (TPSA) is 102 Å². The minimum Gasteiger partial charge on any atom is -0.507 e. The normalized spacial score (nSPS) is 16.4. The average molecular weight is 516 g/mol. The molecule has 0 radical (unpaired) electrons. The number of aliphatic hydroxyl groups excluding tert-OH is 1. The standard InChI is InChI=1S/C30H29NO7/c1-17-13-18(2)28(37-4)23(14-17)26(32)24-25(21-7-6-8-22(15-21)36-3)31(29(34)27(24)33)16-19-9-11-20(12-10-19)30(35)38-5/h6-15,25,32H,16H2,1-5H3/b26-24+. The smallest absolute Gasteiger partial charge is 0.337 e. The van der Waals surface area contributed by atoms with E-state index in [2.05, 4.69) is 0 Å². The van der Waals surface area contributed by atoms with Gasteiger partial charge in [-0.25, -0.2) is 4.79 Å². The van der Waals surface area contributed by atoms with Crippen LogP contribution in [0.2, 0.25) is 0 Å². The number of amides is 1. The number of carbonyl (C=O) groups excluding carboxylic acids is 3. The van der Waals surface area contributed by atoms with Crippen LogP contribution in [0.25, 0.3) is 5.76 Å². The summed E-state index contributed by atoms with van der Waals surface area (Å²) in [6.07, 6.45) is 0. The number of rotatable bonds is 7. The van der Waals surface area contributed by atoms with Gasteiger partial charge in [-0.15, -0.1) is 0 Å². The Morgan fingerprint density at radius 1 is 0.947 bits per heavy atom. The lowest BCUT2D eigenvalue weighted by molar-refractivity contribution is -0.140. The van der Waals surface area contributed by atoms with Gasteiger partial charge in [0.1, 0.15) is 17.3 Å². The van der Waals surface area contributed by atoms with E-state index in [0.29, 0.717) is 33.8 Å². The number of hydrogen-bond donors (Lipinski definition) is 1. The SMILES string of the molecule is COC(=O)c1ccc(CN2C(=O)C(=O)/C(=C(/O)c3cc(C)cc(C)c3OC)C2c2cccc(OC)c2)cc1. The predicted octanol–water partition coefficient (Wildman–Crippen LogP) is 4.73. The van der Waals surface area contributed by atoms with Crippen molar-refractivity contribution in [2.45, 2.75) is 26.4 Å². The van der Waals surface area contributed by atoms with Crippen molar-refractivity contribution in [1.82, 2.24) is 4.90 Å². The molecule has 1 heterocycles. The van der Waals surface area contributed by atoms with E-state index in [0.717, 1.165) is 11.1 Å². The van der Waals surface area contributed by atoms with Crippen LogP contribution in [0.4, 0.5) is 0 Å². The molecular weight excluding hydrogens is 486 g/mol. The van der Waals surface area contributed by atoms with Crippen molar-refractivity contribution in [2.24, 2.45) is 0 Å². The Balaban J connectivity index is 1.88. The molecule has 0 spiro atoms. The zero-order valence-electron chi connectivity index (χ0n) is 21.9. The summed E-state index contributed by atoms with van der Waals surface area (Å²) >= 11 is 0. The first-order chi connectivity index (χ1) is 18.2. The number of aryl methyl sites for hydroxylation is 2. The Labute approximate surface area is 221 Å². The summed E-state index contributed by atoms with van der Waals surface area (Å²) in [6.45, 7) is 3.78. The summed E-state index contributed by atoms with van der Waals surface area (Å²) in [4.78, 5) is 40.1. The number of esters is 1. The summed E-state index contributed by atoms with van der Waals surface area (Å²) in [5, 5.41) is 11.6. The van der Waals surface area contributed by atoms with E-state index in [1.165, 1.54) is 26.2 Å². The van der Waals surface area contributed by atoms with Gasteiger partial charge in [-0.2, -0.15) is 0 Å². The van der Waals surface area contributed by atoms with Gasteiger partial charge in [0, 0.05) is 6.54 Å². The summed E-state index contributed by atoms with van der Waals surface area (Å²) in [7, 11) is 4.32. The Morgan fingerprint density at radius 3 is 2.29 bits per heavy atom. The zero-order valence-corrected chi connectivity index (χ0v) is 21.9. The molecule has 8 nitrogen and oxygen atoms in total. The van der Waals surface area contributed by atoms with Gasteiger partial charge in [-0.05, 0) is 66.4 Å². The van der Waals surface area contributed by atoms with Gasteiger partial charge in [0.15, 0.2) is 0 Å². The Morgan fingerprint density at radius 2 is 1.66 bits per heavy atom. The third-order valence-corrected chi connectivity index (χ3v) is 6.56. The van der Waals surface area contributed by atoms with Gasteiger partial charge in [0.2, 0.25) is 0 Å². The fraction of sp³-hybridized carbons (Fsp3) is 0.233. The van der Waals surface area contributed by atoms with Gasteiger partial charge < -0.3 is 24.2 Å². The van der Waals surface area contributed by atoms with Crippen molar-refractivity contribution in [2.75, 3.05) is 21.3 Å². The molecule has 196 valence electrons. The maximum atomic E-state index is 13.5. The van der Waals surface area contributed by atoms with Crippen LogP contribution in [0.1, 0.15) is 44.2 Å². The largest absolute Gasteiger partial charge is 0.507 e. The zero-order chi connectivity index (χ0) is 27.6. The Kier molecular flexibility index (Phi) is 7.52. The van der Waals surface area contributed by atoms with Crippen LogP contribution in [0.5, 0.6) is 11.5 Å². The van der Waals surface area contributed by atoms with Crippen LogP contribution in [-0.2, 0) is 20.9 Å². The second-order valence-electron chi connectivity index (χ2n) is 9.05. The molecule has 1 aliphatic heterocycles. The van der Waals surface area contributed by atoms with Gasteiger partial charge in [0.05, 0.1) is 44.1 Å². The minimum absolute atomic E-state index is 0.0438. The summed E-state index contributed by atoms with van der Waals surface area (Å²) < 4.78 is 15.7. The van der Waals surface area contributed by atoms with E-state index >= 15 is 0 Å².